The molecule has 3 rings (SSSR count). The molecule has 1 aromatic carbocycles. The van der Waals surface area contributed by atoms with Gasteiger partial charge >= 0.3 is 0 Å². The van der Waals surface area contributed by atoms with E-state index in [9.17, 15) is 17.6 Å². The minimum Gasteiger partial charge on any atom is -0.380 e. The van der Waals surface area contributed by atoms with Gasteiger partial charge in [0.1, 0.15) is 11.6 Å². The van der Waals surface area contributed by atoms with Crippen molar-refractivity contribution in [3.8, 4) is 0 Å². The maximum atomic E-state index is 13.7. The Morgan fingerprint density at radius 3 is 2.68 bits per heavy atom. The number of hydrogen-bond acceptors (Lipinski definition) is 5. The summed E-state index contributed by atoms with van der Waals surface area (Å²) < 4.78 is 36.6. The number of sulfone groups is 1. The first-order valence-electron chi connectivity index (χ1n) is 7.52. The molecular weight excluding hydrogens is 369 g/mol. The lowest BCUT2D eigenvalue weighted by atomic mass is 10.2. The highest BCUT2D eigenvalue weighted by molar-refractivity contribution is 7.91. The third kappa shape index (κ3) is 4.26. The van der Waals surface area contributed by atoms with Gasteiger partial charge in [-0.1, -0.05) is 17.7 Å². The van der Waals surface area contributed by atoms with Gasteiger partial charge in [-0.15, -0.1) is 0 Å². The third-order valence-corrected chi connectivity index (χ3v) is 5.88. The van der Waals surface area contributed by atoms with Crippen molar-refractivity contribution in [3.05, 3.63) is 52.9 Å². The minimum atomic E-state index is -2.97. The zero-order valence-electron chi connectivity index (χ0n) is 13.0. The molecular formula is C16H15ClFN3O3S. The second kappa shape index (κ2) is 6.97. The van der Waals surface area contributed by atoms with Crippen LogP contribution in [0, 0.1) is 5.82 Å². The van der Waals surface area contributed by atoms with Crippen molar-refractivity contribution >= 4 is 38.9 Å². The molecule has 1 aromatic heterocycles. The highest BCUT2D eigenvalue weighted by Crippen LogP contribution is 2.21. The maximum absolute atomic E-state index is 13.7. The molecule has 1 atom stereocenters. The molecule has 132 valence electrons. The zero-order chi connectivity index (χ0) is 18.0. The number of carbonyl (C=O) groups excluding carboxylic acids is 1. The van der Waals surface area contributed by atoms with Gasteiger partial charge in [-0.05, 0) is 30.7 Å². The first kappa shape index (κ1) is 17.6. The van der Waals surface area contributed by atoms with Crippen LogP contribution in [0.4, 0.5) is 15.9 Å². The summed E-state index contributed by atoms with van der Waals surface area (Å²) in [5.41, 5.74) is 0.397. The molecule has 1 amide bonds. The van der Waals surface area contributed by atoms with Crippen LogP contribution in [0.3, 0.4) is 0 Å². The van der Waals surface area contributed by atoms with Gasteiger partial charge in [0.15, 0.2) is 9.84 Å². The summed E-state index contributed by atoms with van der Waals surface area (Å²) in [6.45, 7) is 0. The average Bonchev–Trinajstić information content (AvgIpc) is 2.88. The fourth-order valence-corrected chi connectivity index (χ4v) is 4.51. The van der Waals surface area contributed by atoms with E-state index < -0.39 is 21.6 Å². The zero-order valence-corrected chi connectivity index (χ0v) is 14.6. The number of hydrogen-bond donors (Lipinski definition) is 2. The number of carbonyl (C=O) groups is 1. The number of halogens is 2. The van der Waals surface area contributed by atoms with Crippen molar-refractivity contribution in [2.75, 3.05) is 22.1 Å². The monoisotopic (exact) mass is 383 g/mol. The Morgan fingerprint density at radius 1 is 1.28 bits per heavy atom. The van der Waals surface area contributed by atoms with Gasteiger partial charge in [0.2, 0.25) is 0 Å². The number of nitrogens with zero attached hydrogens (tertiary/aromatic N) is 1. The Bertz CT molecular complexity index is 883. The number of anilines is 2. The Morgan fingerprint density at radius 2 is 2.08 bits per heavy atom. The van der Waals surface area contributed by atoms with Crippen molar-refractivity contribution in [1.29, 1.82) is 0 Å². The molecule has 1 aliphatic rings. The van der Waals surface area contributed by atoms with Crippen LogP contribution in [0.15, 0.2) is 36.5 Å². The second-order valence-electron chi connectivity index (χ2n) is 5.73. The molecule has 6 nitrogen and oxygen atoms in total. The molecule has 1 aliphatic heterocycles. The number of pyridine rings is 1. The predicted molar refractivity (Wildman–Crippen MR) is 94.3 cm³/mol. The summed E-state index contributed by atoms with van der Waals surface area (Å²) in [6, 6.07) is 7.04. The van der Waals surface area contributed by atoms with E-state index in [1.54, 1.807) is 12.1 Å². The largest absolute Gasteiger partial charge is 0.380 e. The van der Waals surface area contributed by atoms with Crippen molar-refractivity contribution in [3.63, 3.8) is 0 Å². The third-order valence-electron chi connectivity index (χ3n) is 3.80. The van der Waals surface area contributed by atoms with Crippen molar-refractivity contribution in [2.45, 2.75) is 12.5 Å². The normalized spacial score (nSPS) is 18.7. The Hall–Kier alpha value is -2.19. The number of aromatic nitrogens is 1. The molecule has 1 saturated heterocycles. The molecule has 0 saturated carbocycles. The summed E-state index contributed by atoms with van der Waals surface area (Å²) >= 11 is 5.85. The molecule has 0 spiro atoms. The van der Waals surface area contributed by atoms with Crippen LogP contribution in [0.25, 0.3) is 0 Å². The number of nitrogens with one attached hydrogen (secondary N) is 2. The molecule has 1 unspecified atom stereocenters. The van der Waals surface area contributed by atoms with Crippen LogP contribution in [0.1, 0.15) is 16.8 Å². The highest BCUT2D eigenvalue weighted by atomic mass is 35.5. The van der Waals surface area contributed by atoms with Crippen molar-refractivity contribution in [2.24, 2.45) is 0 Å². The molecule has 2 N–H and O–H groups in total. The fraction of sp³-hybridized carbons (Fsp3) is 0.250. The molecule has 2 aromatic rings. The van der Waals surface area contributed by atoms with E-state index in [2.05, 4.69) is 15.6 Å². The van der Waals surface area contributed by atoms with Gasteiger partial charge in [-0.3, -0.25) is 4.79 Å². The van der Waals surface area contributed by atoms with Crippen molar-refractivity contribution < 1.29 is 17.6 Å². The van der Waals surface area contributed by atoms with Crippen LogP contribution in [0.5, 0.6) is 0 Å². The van der Waals surface area contributed by atoms with Crippen LogP contribution < -0.4 is 10.6 Å². The Labute approximate surface area is 149 Å². The smallest absolute Gasteiger partial charge is 0.261 e. The summed E-state index contributed by atoms with van der Waals surface area (Å²) in [7, 11) is -2.97. The quantitative estimate of drug-likeness (QED) is 0.847. The maximum Gasteiger partial charge on any atom is 0.261 e. The lowest BCUT2D eigenvalue weighted by Crippen LogP contribution is -2.20. The molecule has 1 fully saturated rings. The highest BCUT2D eigenvalue weighted by Gasteiger charge is 2.27. The summed E-state index contributed by atoms with van der Waals surface area (Å²) in [4.78, 5) is 16.2. The van der Waals surface area contributed by atoms with Gasteiger partial charge in [0, 0.05) is 6.04 Å². The van der Waals surface area contributed by atoms with Crippen molar-refractivity contribution in [1.82, 2.24) is 4.98 Å². The van der Waals surface area contributed by atoms with Gasteiger partial charge in [0.25, 0.3) is 5.91 Å². The number of rotatable bonds is 4. The lowest BCUT2D eigenvalue weighted by Gasteiger charge is -2.12. The fourth-order valence-electron chi connectivity index (χ4n) is 2.59. The number of amides is 1. The van der Waals surface area contributed by atoms with Crippen LogP contribution in [-0.4, -0.2) is 36.9 Å². The molecule has 2 heterocycles. The van der Waals surface area contributed by atoms with Gasteiger partial charge in [-0.2, -0.15) is 0 Å². The lowest BCUT2D eigenvalue weighted by molar-refractivity contribution is 0.102. The van der Waals surface area contributed by atoms with E-state index in [0.717, 1.165) is 6.07 Å². The molecule has 0 radical (unpaired) electrons. The van der Waals surface area contributed by atoms with E-state index >= 15 is 0 Å². The minimum absolute atomic E-state index is 0.0122. The average molecular weight is 384 g/mol. The summed E-state index contributed by atoms with van der Waals surface area (Å²) in [5.74, 6) is -0.912. The Kier molecular flexibility index (Phi) is 4.91. The first-order valence-corrected chi connectivity index (χ1v) is 9.72. The standard InChI is InChI=1S/C16H15ClFN3O3S/c17-12-2-1-3-13(18)15(12)16(22)21-14-5-4-10(8-19-14)20-11-6-7-25(23,24)9-11/h1-5,8,11,20H,6-7,9H2,(H,19,21,22). The van der Waals surface area contributed by atoms with Crippen LogP contribution in [0.2, 0.25) is 5.02 Å². The van der Waals surface area contributed by atoms with Crippen LogP contribution in [-0.2, 0) is 9.84 Å². The second-order valence-corrected chi connectivity index (χ2v) is 8.36. The van der Waals surface area contributed by atoms with E-state index in [1.807, 2.05) is 0 Å². The molecule has 0 bridgehead atoms. The van der Waals surface area contributed by atoms with E-state index in [0.29, 0.717) is 12.1 Å². The molecule has 25 heavy (non-hydrogen) atoms. The van der Waals surface area contributed by atoms with Gasteiger partial charge in [0.05, 0.1) is 34.0 Å². The van der Waals surface area contributed by atoms with E-state index in [1.165, 1.54) is 18.3 Å². The molecule has 0 aliphatic carbocycles. The molecule has 9 heteroatoms. The Balaban J connectivity index is 1.66. The number of benzene rings is 1. The summed E-state index contributed by atoms with van der Waals surface area (Å²) in [5, 5.41) is 5.58. The first-order chi connectivity index (χ1) is 11.8. The predicted octanol–water partition coefficient (Wildman–Crippen LogP) is 2.73. The topological polar surface area (TPSA) is 88.2 Å². The van der Waals surface area contributed by atoms with Gasteiger partial charge < -0.3 is 10.6 Å². The van der Waals surface area contributed by atoms with Crippen LogP contribution >= 0.6 is 11.6 Å². The SMILES string of the molecule is O=C(Nc1ccc(NC2CCS(=O)(=O)C2)cn1)c1c(F)cccc1Cl. The van der Waals surface area contributed by atoms with E-state index in [-0.39, 0.29) is 34.0 Å². The van der Waals surface area contributed by atoms with Gasteiger partial charge in [-0.25, -0.2) is 17.8 Å². The van der Waals surface area contributed by atoms with E-state index in [4.69, 9.17) is 11.6 Å². The summed E-state index contributed by atoms with van der Waals surface area (Å²) in [6.07, 6.45) is 2.02.